The number of thiazole rings is 1. The second-order valence-electron chi connectivity index (χ2n) is 8.01. The van der Waals surface area contributed by atoms with E-state index in [1.807, 2.05) is 16.3 Å². The molecule has 0 bridgehead atoms. The van der Waals surface area contributed by atoms with E-state index in [1.54, 1.807) is 6.20 Å². The Balaban J connectivity index is 1.32. The van der Waals surface area contributed by atoms with Gasteiger partial charge in [-0.2, -0.15) is 0 Å². The molecule has 154 valence electrons. The van der Waals surface area contributed by atoms with Gasteiger partial charge in [-0.15, -0.1) is 11.3 Å². The van der Waals surface area contributed by atoms with E-state index in [0.717, 1.165) is 51.9 Å². The van der Waals surface area contributed by atoms with Gasteiger partial charge in [0.15, 0.2) is 5.13 Å². The Morgan fingerprint density at radius 1 is 1.07 bits per heavy atom. The van der Waals surface area contributed by atoms with Gasteiger partial charge in [0, 0.05) is 37.8 Å². The van der Waals surface area contributed by atoms with Gasteiger partial charge >= 0.3 is 0 Å². The van der Waals surface area contributed by atoms with Crippen molar-refractivity contribution in [3.63, 3.8) is 0 Å². The van der Waals surface area contributed by atoms with E-state index in [1.165, 1.54) is 16.9 Å². The monoisotopic (exact) mass is 412 g/mol. The highest BCUT2D eigenvalue weighted by atomic mass is 32.1. The summed E-state index contributed by atoms with van der Waals surface area (Å²) >= 11 is 1.42. The molecule has 0 saturated carbocycles. The van der Waals surface area contributed by atoms with E-state index in [-0.39, 0.29) is 23.7 Å². The van der Waals surface area contributed by atoms with Gasteiger partial charge in [-0.25, -0.2) is 4.98 Å². The first kappa shape index (κ1) is 20.0. The lowest BCUT2D eigenvalue weighted by atomic mass is 9.92. The van der Waals surface area contributed by atoms with Crippen LogP contribution >= 0.6 is 11.3 Å². The molecule has 2 aliphatic heterocycles. The largest absolute Gasteiger partial charge is 0.342 e. The molecule has 2 fully saturated rings. The van der Waals surface area contributed by atoms with Crippen molar-refractivity contribution in [3.05, 3.63) is 47.5 Å². The molecular formula is C22H28N4O2S. The molecule has 2 amide bonds. The number of nitrogens with one attached hydrogen (secondary N) is 1. The maximum absolute atomic E-state index is 13.2. The fourth-order valence-corrected chi connectivity index (χ4v) is 4.92. The number of aromatic nitrogens is 1. The van der Waals surface area contributed by atoms with Crippen molar-refractivity contribution in [2.24, 2.45) is 11.8 Å². The molecule has 1 N–H and O–H groups in total. The van der Waals surface area contributed by atoms with E-state index < -0.39 is 0 Å². The molecule has 6 nitrogen and oxygen atoms in total. The minimum Gasteiger partial charge on any atom is -0.342 e. The van der Waals surface area contributed by atoms with Crippen LogP contribution in [-0.4, -0.2) is 52.8 Å². The van der Waals surface area contributed by atoms with Gasteiger partial charge in [0.1, 0.15) is 0 Å². The summed E-state index contributed by atoms with van der Waals surface area (Å²) in [6, 6.07) is 10.4. The van der Waals surface area contributed by atoms with Gasteiger partial charge in [-0.05, 0) is 37.8 Å². The number of hydrogen-bond acceptors (Lipinski definition) is 5. The summed E-state index contributed by atoms with van der Waals surface area (Å²) in [5.74, 6) is 0.0788. The van der Waals surface area contributed by atoms with Crippen molar-refractivity contribution in [1.29, 1.82) is 0 Å². The summed E-state index contributed by atoms with van der Waals surface area (Å²) in [6.45, 7) is 4.02. The van der Waals surface area contributed by atoms with Gasteiger partial charge in [0.25, 0.3) is 0 Å². The Hall–Kier alpha value is -2.25. The Morgan fingerprint density at radius 2 is 1.86 bits per heavy atom. The first-order valence-electron chi connectivity index (χ1n) is 10.4. The van der Waals surface area contributed by atoms with Crippen LogP contribution in [0.2, 0.25) is 0 Å². The summed E-state index contributed by atoms with van der Waals surface area (Å²) in [5, 5.41) is 5.36. The molecule has 1 aromatic heterocycles. The van der Waals surface area contributed by atoms with Crippen molar-refractivity contribution < 1.29 is 9.59 Å². The van der Waals surface area contributed by atoms with Crippen LogP contribution in [-0.2, 0) is 16.1 Å². The van der Waals surface area contributed by atoms with Crippen LogP contribution in [0.4, 0.5) is 5.13 Å². The van der Waals surface area contributed by atoms with Gasteiger partial charge in [-0.1, -0.05) is 30.3 Å². The average molecular weight is 413 g/mol. The van der Waals surface area contributed by atoms with E-state index in [9.17, 15) is 9.59 Å². The molecule has 0 aliphatic carbocycles. The lowest BCUT2D eigenvalue weighted by Gasteiger charge is -2.38. The van der Waals surface area contributed by atoms with E-state index >= 15 is 0 Å². The zero-order valence-electron chi connectivity index (χ0n) is 16.6. The number of amides is 2. The highest BCUT2D eigenvalue weighted by Gasteiger charge is 2.34. The third kappa shape index (κ3) is 5.22. The van der Waals surface area contributed by atoms with Crippen LogP contribution in [0, 0.1) is 11.8 Å². The van der Waals surface area contributed by atoms with Gasteiger partial charge in [0.2, 0.25) is 11.8 Å². The van der Waals surface area contributed by atoms with Crippen molar-refractivity contribution in [2.45, 2.75) is 32.2 Å². The molecule has 7 heteroatoms. The number of anilines is 1. The van der Waals surface area contributed by atoms with Crippen LogP contribution in [0.3, 0.4) is 0 Å². The number of piperidine rings is 2. The summed E-state index contributed by atoms with van der Waals surface area (Å²) in [4.78, 5) is 34.2. The molecule has 0 radical (unpaired) electrons. The fourth-order valence-electron chi connectivity index (χ4n) is 4.38. The molecule has 2 atom stereocenters. The number of rotatable bonds is 5. The van der Waals surface area contributed by atoms with E-state index in [2.05, 4.69) is 39.5 Å². The topological polar surface area (TPSA) is 65.5 Å². The first-order valence-corrected chi connectivity index (χ1v) is 11.3. The van der Waals surface area contributed by atoms with E-state index in [4.69, 9.17) is 0 Å². The molecule has 2 aliphatic rings. The Labute approximate surface area is 175 Å². The van der Waals surface area contributed by atoms with Crippen molar-refractivity contribution in [2.75, 3.05) is 31.5 Å². The first-order chi connectivity index (χ1) is 14.2. The van der Waals surface area contributed by atoms with Crippen LogP contribution in [0.25, 0.3) is 0 Å². The minimum absolute atomic E-state index is 0.0215. The Morgan fingerprint density at radius 3 is 2.66 bits per heavy atom. The highest BCUT2D eigenvalue weighted by Crippen LogP contribution is 2.25. The minimum atomic E-state index is -0.152. The Kier molecular flexibility index (Phi) is 6.56. The molecule has 4 rings (SSSR count). The second-order valence-corrected chi connectivity index (χ2v) is 8.90. The lowest BCUT2D eigenvalue weighted by molar-refractivity contribution is -0.140. The molecule has 3 heterocycles. The van der Waals surface area contributed by atoms with Crippen LogP contribution in [0.1, 0.15) is 31.2 Å². The van der Waals surface area contributed by atoms with Gasteiger partial charge in [0.05, 0.1) is 11.8 Å². The van der Waals surface area contributed by atoms with Crippen molar-refractivity contribution in [1.82, 2.24) is 14.8 Å². The molecule has 1 aromatic carbocycles. The zero-order valence-corrected chi connectivity index (χ0v) is 17.4. The number of likely N-dealkylation sites (tertiary alicyclic amines) is 2. The second kappa shape index (κ2) is 9.50. The third-order valence-corrected chi connectivity index (χ3v) is 6.56. The molecule has 0 spiro atoms. The van der Waals surface area contributed by atoms with Crippen LogP contribution in [0.5, 0.6) is 0 Å². The zero-order chi connectivity index (χ0) is 20.1. The van der Waals surface area contributed by atoms with Crippen molar-refractivity contribution in [3.8, 4) is 0 Å². The SMILES string of the molecule is O=C(Nc1nccs1)C1CCCN(C(=O)C2CCCN(Cc3ccccc3)C2)C1. The van der Waals surface area contributed by atoms with Crippen LogP contribution < -0.4 is 5.32 Å². The Bertz CT molecular complexity index is 811. The summed E-state index contributed by atoms with van der Waals surface area (Å²) < 4.78 is 0. The van der Waals surface area contributed by atoms with Crippen molar-refractivity contribution >= 4 is 28.3 Å². The standard InChI is InChI=1S/C22H28N4O2S/c27-20(24-22-23-10-13-29-22)18-8-5-12-26(16-18)21(28)19-9-4-11-25(15-19)14-17-6-2-1-3-7-17/h1-3,6-7,10,13,18-19H,4-5,8-9,11-12,14-16H2,(H,23,24,27). The molecule has 2 unspecified atom stereocenters. The molecule has 29 heavy (non-hydrogen) atoms. The maximum atomic E-state index is 13.2. The van der Waals surface area contributed by atoms with Crippen LogP contribution in [0.15, 0.2) is 41.9 Å². The highest BCUT2D eigenvalue weighted by molar-refractivity contribution is 7.13. The number of hydrogen-bond donors (Lipinski definition) is 1. The summed E-state index contributed by atoms with van der Waals surface area (Å²) in [5.41, 5.74) is 1.29. The molecular weight excluding hydrogens is 384 g/mol. The maximum Gasteiger partial charge on any atom is 0.231 e. The quantitative estimate of drug-likeness (QED) is 0.819. The fraction of sp³-hybridized carbons (Fsp3) is 0.500. The van der Waals surface area contributed by atoms with Gasteiger partial charge < -0.3 is 10.2 Å². The number of nitrogens with zero attached hydrogens (tertiary/aromatic N) is 3. The number of benzene rings is 1. The van der Waals surface area contributed by atoms with Gasteiger partial charge in [-0.3, -0.25) is 14.5 Å². The average Bonchev–Trinajstić information content (AvgIpc) is 3.27. The smallest absolute Gasteiger partial charge is 0.231 e. The lowest BCUT2D eigenvalue weighted by Crippen LogP contribution is -2.49. The number of carbonyl (C=O) groups is 2. The third-order valence-electron chi connectivity index (χ3n) is 5.87. The predicted molar refractivity (Wildman–Crippen MR) is 114 cm³/mol. The summed E-state index contributed by atoms with van der Waals surface area (Å²) in [7, 11) is 0. The normalized spacial score (nSPS) is 23.0. The van der Waals surface area contributed by atoms with E-state index in [0.29, 0.717) is 11.7 Å². The predicted octanol–water partition coefficient (Wildman–Crippen LogP) is 3.23. The summed E-state index contributed by atoms with van der Waals surface area (Å²) in [6.07, 6.45) is 5.37. The molecule has 2 saturated heterocycles. The number of carbonyl (C=O) groups excluding carboxylic acids is 2. The molecule has 2 aromatic rings.